The SMILES string of the molecule is O=C(CS(=O)c1ccccc1Br)C1CC1. The van der Waals surface area contributed by atoms with Gasteiger partial charge in [0.05, 0.1) is 21.4 Å². The van der Waals surface area contributed by atoms with Crippen LogP contribution in [0.3, 0.4) is 0 Å². The van der Waals surface area contributed by atoms with Crippen molar-refractivity contribution in [2.75, 3.05) is 5.75 Å². The van der Waals surface area contributed by atoms with Gasteiger partial charge in [-0.3, -0.25) is 9.00 Å². The van der Waals surface area contributed by atoms with Crippen LogP contribution in [0, 0.1) is 5.92 Å². The van der Waals surface area contributed by atoms with Crippen LogP contribution in [-0.4, -0.2) is 15.7 Å². The summed E-state index contributed by atoms with van der Waals surface area (Å²) in [6, 6.07) is 7.34. The summed E-state index contributed by atoms with van der Waals surface area (Å²) in [5.74, 6) is 0.494. The Kier molecular flexibility index (Phi) is 3.36. The van der Waals surface area contributed by atoms with Crippen molar-refractivity contribution in [2.45, 2.75) is 17.7 Å². The van der Waals surface area contributed by atoms with E-state index in [1.807, 2.05) is 18.2 Å². The lowest BCUT2D eigenvalue weighted by molar-refractivity contribution is -0.117. The fraction of sp³-hybridized carbons (Fsp3) is 0.364. The normalized spacial score (nSPS) is 17.4. The summed E-state index contributed by atoms with van der Waals surface area (Å²) in [4.78, 5) is 12.2. The molecule has 4 heteroatoms. The Morgan fingerprint density at radius 3 is 2.67 bits per heavy atom. The summed E-state index contributed by atoms with van der Waals surface area (Å²) in [6.07, 6.45) is 1.96. The van der Waals surface area contributed by atoms with E-state index in [0.717, 1.165) is 17.3 Å². The van der Waals surface area contributed by atoms with Gasteiger partial charge in [0.25, 0.3) is 0 Å². The number of rotatable bonds is 4. The minimum absolute atomic E-state index is 0.143. The third kappa shape index (κ3) is 2.75. The summed E-state index contributed by atoms with van der Waals surface area (Å²) < 4.78 is 12.7. The Morgan fingerprint density at radius 1 is 1.40 bits per heavy atom. The third-order valence-corrected chi connectivity index (χ3v) is 4.74. The summed E-state index contributed by atoms with van der Waals surface area (Å²) >= 11 is 3.34. The third-order valence-electron chi connectivity index (χ3n) is 2.39. The Morgan fingerprint density at radius 2 is 2.07 bits per heavy atom. The maximum atomic E-state index is 11.9. The second-order valence-corrected chi connectivity index (χ2v) is 5.93. The molecule has 1 aliphatic carbocycles. The molecule has 2 nitrogen and oxygen atoms in total. The summed E-state index contributed by atoms with van der Waals surface area (Å²) in [5.41, 5.74) is 0. The van der Waals surface area contributed by atoms with E-state index >= 15 is 0 Å². The summed E-state index contributed by atoms with van der Waals surface area (Å²) in [7, 11) is -1.20. The van der Waals surface area contributed by atoms with Crippen LogP contribution in [0.5, 0.6) is 0 Å². The molecule has 1 aliphatic rings. The highest BCUT2D eigenvalue weighted by molar-refractivity contribution is 9.10. The Labute approximate surface area is 99.7 Å². The maximum absolute atomic E-state index is 11.9. The van der Waals surface area contributed by atoms with Gasteiger partial charge in [0.15, 0.2) is 0 Å². The lowest BCUT2D eigenvalue weighted by atomic mass is 10.3. The molecule has 0 saturated heterocycles. The molecule has 0 bridgehead atoms. The van der Waals surface area contributed by atoms with Gasteiger partial charge in [-0.1, -0.05) is 12.1 Å². The Bertz CT molecular complexity index is 413. The molecule has 0 radical (unpaired) electrons. The molecule has 0 N–H and O–H groups in total. The second-order valence-electron chi connectivity index (χ2n) is 3.66. The largest absolute Gasteiger partial charge is 0.298 e. The van der Waals surface area contributed by atoms with Gasteiger partial charge in [-0.2, -0.15) is 0 Å². The highest BCUT2D eigenvalue weighted by Crippen LogP contribution is 2.30. The van der Waals surface area contributed by atoms with E-state index in [4.69, 9.17) is 0 Å². The quantitative estimate of drug-likeness (QED) is 0.852. The van der Waals surface area contributed by atoms with E-state index in [-0.39, 0.29) is 17.5 Å². The zero-order valence-corrected chi connectivity index (χ0v) is 10.5. The van der Waals surface area contributed by atoms with Crippen molar-refractivity contribution in [3.63, 3.8) is 0 Å². The summed E-state index contributed by atoms with van der Waals surface area (Å²) in [6.45, 7) is 0. The molecule has 0 aromatic heterocycles. The molecule has 2 rings (SSSR count). The highest BCUT2D eigenvalue weighted by atomic mass is 79.9. The zero-order valence-electron chi connectivity index (χ0n) is 8.11. The Hall–Kier alpha value is -0.480. The first-order chi connectivity index (χ1) is 7.18. The number of hydrogen-bond acceptors (Lipinski definition) is 2. The molecular weight excluding hydrogens is 276 g/mol. The van der Waals surface area contributed by atoms with Crippen LogP contribution in [0.4, 0.5) is 0 Å². The van der Waals surface area contributed by atoms with Crippen LogP contribution in [0.2, 0.25) is 0 Å². The van der Waals surface area contributed by atoms with E-state index in [0.29, 0.717) is 4.90 Å². The number of ketones is 1. The van der Waals surface area contributed by atoms with E-state index in [1.54, 1.807) is 6.07 Å². The van der Waals surface area contributed by atoms with E-state index in [2.05, 4.69) is 15.9 Å². The van der Waals surface area contributed by atoms with E-state index < -0.39 is 10.8 Å². The van der Waals surface area contributed by atoms with Crippen LogP contribution >= 0.6 is 15.9 Å². The van der Waals surface area contributed by atoms with Gasteiger partial charge >= 0.3 is 0 Å². The molecule has 15 heavy (non-hydrogen) atoms. The predicted octanol–water partition coefficient (Wildman–Crippen LogP) is 2.54. The van der Waals surface area contributed by atoms with Gasteiger partial charge in [-0.05, 0) is 40.9 Å². The standard InChI is InChI=1S/C11H11BrO2S/c12-9-3-1-2-4-11(9)15(14)7-10(13)8-5-6-8/h1-4,8H,5-7H2. The number of carbonyl (C=O) groups is 1. The highest BCUT2D eigenvalue weighted by Gasteiger charge is 2.30. The van der Waals surface area contributed by atoms with Crippen LogP contribution in [0.25, 0.3) is 0 Å². The van der Waals surface area contributed by atoms with Crippen molar-refractivity contribution >= 4 is 32.5 Å². The van der Waals surface area contributed by atoms with Crippen molar-refractivity contribution in [2.24, 2.45) is 5.92 Å². The van der Waals surface area contributed by atoms with Crippen molar-refractivity contribution in [3.05, 3.63) is 28.7 Å². The van der Waals surface area contributed by atoms with Gasteiger partial charge in [0.2, 0.25) is 0 Å². The first-order valence-corrected chi connectivity index (χ1v) is 6.95. The first-order valence-electron chi connectivity index (χ1n) is 4.84. The molecule has 80 valence electrons. The monoisotopic (exact) mass is 286 g/mol. The fourth-order valence-electron chi connectivity index (χ4n) is 1.36. The maximum Gasteiger partial charge on any atom is 0.148 e. The number of benzene rings is 1. The zero-order chi connectivity index (χ0) is 10.8. The molecule has 0 amide bonds. The molecular formula is C11H11BrO2S. The minimum Gasteiger partial charge on any atom is -0.298 e. The molecule has 1 saturated carbocycles. The molecule has 1 aromatic carbocycles. The number of Topliss-reactive ketones (excluding diaryl/α,β-unsaturated/α-hetero) is 1. The molecule has 1 fully saturated rings. The smallest absolute Gasteiger partial charge is 0.148 e. The van der Waals surface area contributed by atoms with Crippen LogP contribution in [0.1, 0.15) is 12.8 Å². The molecule has 0 heterocycles. The topological polar surface area (TPSA) is 34.1 Å². The van der Waals surface area contributed by atoms with Crippen molar-refractivity contribution in [1.82, 2.24) is 0 Å². The molecule has 0 aliphatic heterocycles. The van der Waals surface area contributed by atoms with Gasteiger partial charge < -0.3 is 0 Å². The second kappa shape index (κ2) is 4.58. The van der Waals surface area contributed by atoms with Gasteiger partial charge in [0.1, 0.15) is 5.78 Å². The fourth-order valence-corrected chi connectivity index (χ4v) is 3.35. The summed E-state index contributed by atoms with van der Waals surface area (Å²) in [5, 5.41) is 0. The van der Waals surface area contributed by atoms with Crippen molar-refractivity contribution < 1.29 is 9.00 Å². The van der Waals surface area contributed by atoms with E-state index in [1.165, 1.54) is 0 Å². The van der Waals surface area contributed by atoms with Crippen LogP contribution in [0.15, 0.2) is 33.6 Å². The number of halogens is 1. The van der Waals surface area contributed by atoms with Crippen molar-refractivity contribution in [1.29, 1.82) is 0 Å². The lowest BCUT2D eigenvalue weighted by Crippen LogP contribution is -2.12. The van der Waals surface area contributed by atoms with E-state index in [9.17, 15) is 9.00 Å². The average molecular weight is 287 g/mol. The minimum atomic E-state index is -1.20. The van der Waals surface area contributed by atoms with Crippen molar-refractivity contribution in [3.8, 4) is 0 Å². The van der Waals surface area contributed by atoms with Crippen LogP contribution < -0.4 is 0 Å². The Balaban J connectivity index is 2.07. The number of carbonyl (C=O) groups excluding carboxylic acids is 1. The molecule has 0 spiro atoms. The molecule has 1 atom stereocenters. The first kappa shape index (κ1) is 11.0. The molecule has 1 unspecified atom stereocenters. The van der Waals surface area contributed by atoms with Crippen LogP contribution in [-0.2, 0) is 15.6 Å². The average Bonchev–Trinajstić information content (AvgIpc) is 3.01. The predicted molar refractivity (Wildman–Crippen MR) is 63.1 cm³/mol. The van der Waals surface area contributed by atoms with Gasteiger partial charge in [-0.15, -0.1) is 0 Å². The number of hydrogen-bond donors (Lipinski definition) is 0. The molecule has 1 aromatic rings. The lowest BCUT2D eigenvalue weighted by Gasteiger charge is -2.03. The van der Waals surface area contributed by atoms with Gasteiger partial charge in [-0.25, -0.2) is 0 Å². The van der Waals surface area contributed by atoms with Gasteiger partial charge in [0, 0.05) is 10.4 Å².